The predicted molar refractivity (Wildman–Crippen MR) is 63.6 cm³/mol. The smallest absolute Gasteiger partial charge is 0.156 e. The summed E-state index contributed by atoms with van der Waals surface area (Å²) in [4.78, 5) is 0. The summed E-state index contributed by atoms with van der Waals surface area (Å²) in [6.45, 7) is 2.67. The van der Waals surface area contributed by atoms with E-state index in [2.05, 4.69) is 16.5 Å². The number of hydrogen-bond acceptors (Lipinski definition) is 4. The van der Waals surface area contributed by atoms with E-state index in [9.17, 15) is 5.26 Å². The summed E-state index contributed by atoms with van der Waals surface area (Å²) < 4.78 is 6.87. The van der Waals surface area contributed by atoms with Crippen molar-refractivity contribution in [3.05, 3.63) is 12.4 Å². The van der Waals surface area contributed by atoms with Gasteiger partial charge < -0.3 is 4.74 Å². The first-order chi connectivity index (χ1) is 8.15. The van der Waals surface area contributed by atoms with Crippen LogP contribution in [-0.2, 0) is 6.54 Å². The average molecular weight is 234 g/mol. The largest absolute Gasteiger partial charge is 0.493 e. The lowest BCUT2D eigenvalue weighted by atomic mass is 10.00. The first-order valence-corrected chi connectivity index (χ1v) is 5.90. The molecule has 1 aromatic heterocycles. The molecule has 0 radical (unpaired) electrons. The van der Waals surface area contributed by atoms with Gasteiger partial charge in [-0.1, -0.05) is 0 Å². The molecule has 0 aromatic carbocycles. The molecule has 1 fully saturated rings. The van der Waals surface area contributed by atoms with Crippen molar-refractivity contribution in [3.8, 4) is 11.8 Å². The summed E-state index contributed by atoms with van der Waals surface area (Å²) in [7, 11) is 1.62. The third-order valence-corrected chi connectivity index (χ3v) is 3.03. The molecule has 1 aliphatic carbocycles. The zero-order valence-corrected chi connectivity index (χ0v) is 10.3. The zero-order chi connectivity index (χ0) is 12.3. The van der Waals surface area contributed by atoms with Gasteiger partial charge >= 0.3 is 0 Å². The third kappa shape index (κ3) is 3.21. The summed E-state index contributed by atoms with van der Waals surface area (Å²) in [5, 5.41) is 16.8. The van der Waals surface area contributed by atoms with Crippen LogP contribution in [0.25, 0.3) is 0 Å². The fraction of sp³-hybridized carbons (Fsp3) is 0.667. The van der Waals surface area contributed by atoms with Crippen LogP contribution in [0.5, 0.6) is 5.75 Å². The third-order valence-electron chi connectivity index (χ3n) is 3.03. The molecule has 0 saturated heterocycles. The Morgan fingerprint density at radius 3 is 3.00 bits per heavy atom. The summed E-state index contributed by atoms with van der Waals surface area (Å²) in [5.41, 5.74) is -0.458. The van der Waals surface area contributed by atoms with Crippen molar-refractivity contribution in [2.45, 2.75) is 44.3 Å². The number of nitrogens with one attached hydrogen (secondary N) is 1. The Morgan fingerprint density at radius 1 is 1.71 bits per heavy atom. The molecule has 2 rings (SSSR count). The van der Waals surface area contributed by atoms with Crippen molar-refractivity contribution in [2.24, 2.45) is 0 Å². The first-order valence-electron chi connectivity index (χ1n) is 5.90. The summed E-state index contributed by atoms with van der Waals surface area (Å²) in [5.74, 6) is 0.749. The number of methoxy groups -OCH3 is 1. The van der Waals surface area contributed by atoms with Crippen LogP contribution < -0.4 is 10.1 Å². The van der Waals surface area contributed by atoms with Gasteiger partial charge in [0.2, 0.25) is 0 Å². The predicted octanol–water partition coefficient (Wildman–Crippen LogP) is 1.32. The Morgan fingerprint density at radius 2 is 2.47 bits per heavy atom. The Bertz CT molecular complexity index is 418. The molecule has 1 aromatic rings. The normalized spacial score (nSPS) is 18.4. The van der Waals surface area contributed by atoms with E-state index in [1.807, 2.05) is 17.8 Å². The van der Waals surface area contributed by atoms with Crippen LogP contribution in [-0.4, -0.2) is 28.5 Å². The van der Waals surface area contributed by atoms with Gasteiger partial charge in [0.15, 0.2) is 5.75 Å². The molecule has 5 nitrogen and oxygen atoms in total. The van der Waals surface area contributed by atoms with Gasteiger partial charge in [0.1, 0.15) is 5.54 Å². The van der Waals surface area contributed by atoms with Crippen LogP contribution in [0.15, 0.2) is 12.4 Å². The molecule has 1 saturated carbocycles. The van der Waals surface area contributed by atoms with Gasteiger partial charge in [-0.15, -0.1) is 0 Å². The Balaban J connectivity index is 1.88. The summed E-state index contributed by atoms with van der Waals surface area (Å²) >= 11 is 0. The van der Waals surface area contributed by atoms with Gasteiger partial charge in [0.25, 0.3) is 0 Å². The minimum Gasteiger partial charge on any atom is -0.493 e. The van der Waals surface area contributed by atoms with Crippen LogP contribution >= 0.6 is 0 Å². The van der Waals surface area contributed by atoms with Gasteiger partial charge in [-0.25, -0.2) is 0 Å². The SMILES string of the molecule is COc1cnn(CCC(C)(C#N)NC2CC2)c1. The highest BCUT2D eigenvalue weighted by molar-refractivity contribution is 5.12. The van der Waals surface area contributed by atoms with E-state index in [0.29, 0.717) is 12.6 Å². The number of aromatic nitrogens is 2. The standard InChI is InChI=1S/C12H18N4O/c1-12(9-13,15-10-3-4-10)5-6-16-8-11(17-2)7-14-16/h7-8,10,15H,3-6H2,1-2H3. The van der Waals surface area contributed by atoms with Crippen LogP contribution in [0, 0.1) is 11.3 Å². The molecule has 17 heavy (non-hydrogen) atoms. The highest BCUT2D eigenvalue weighted by atomic mass is 16.5. The number of ether oxygens (including phenoxy) is 1. The quantitative estimate of drug-likeness (QED) is 0.806. The van der Waals surface area contributed by atoms with E-state index in [0.717, 1.165) is 12.2 Å². The number of aryl methyl sites for hydroxylation is 1. The van der Waals surface area contributed by atoms with Crippen molar-refractivity contribution in [3.63, 3.8) is 0 Å². The van der Waals surface area contributed by atoms with Gasteiger partial charge in [-0.3, -0.25) is 10.00 Å². The van der Waals surface area contributed by atoms with Crippen molar-refractivity contribution >= 4 is 0 Å². The van der Waals surface area contributed by atoms with E-state index in [-0.39, 0.29) is 0 Å². The molecule has 5 heteroatoms. The van der Waals surface area contributed by atoms with Gasteiger partial charge in [0, 0.05) is 12.6 Å². The van der Waals surface area contributed by atoms with Gasteiger partial charge in [-0.2, -0.15) is 10.4 Å². The summed E-state index contributed by atoms with van der Waals surface area (Å²) in [6, 6.07) is 2.89. The van der Waals surface area contributed by atoms with E-state index in [1.165, 1.54) is 12.8 Å². The maximum Gasteiger partial charge on any atom is 0.156 e. The average Bonchev–Trinajstić information content (AvgIpc) is 3.02. The molecule has 1 unspecified atom stereocenters. The van der Waals surface area contributed by atoms with E-state index < -0.39 is 5.54 Å². The van der Waals surface area contributed by atoms with Crippen LogP contribution in [0.3, 0.4) is 0 Å². The minimum absolute atomic E-state index is 0.458. The van der Waals surface area contributed by atoms with Crippen LogP contribution in [0.2, 0.25) is 0 Å². The lowest BCUT2D eigenvalue weighted by Gasteiger charge is -2.23. The molecule has 1 atom stereocenters. The topological polar surface area (TPSA) is 62.9 Å². The number of hydrogen-bond donors (Lipinski definition) is 1. The monoisotopic (exact) mass is 234 g/mol. The minimum atomic E-state index is -0.458. The molecule has 0 amide bonds. The molecular weight excluding hydrogens is 216 g/mol. The molecular formula is C12H18N4O. The fourth-order valence-electron chi connectivity index (χ4n) is 1.75. The number of rotatable bonds is 6. The number of nitrogens with zero attached hydrogens (tertiary/aromatic N) is 3. The molecule has 1 aliphatic rings. The van der Waals surface area contributed by atoms with Crippen molar-refractivity contribution in [2.75, 3.05) is 7.11 Å². The second-order valence-corrected chi connectivity index (χ2v) is 4.76. The second kappa shape index (κ2) is 4.76. The molecule has 0 spiro atoms. The second-order valence-electron chi connectivity index (χ2n) is 4.76. The molecule has 0 bridgehead atoms. The fourth-order valence-corrected chi connectivity index (χ4v) is 1.75. The van der Waals surface area contributed by atoms with E-state index in [1.54, 1.807) is 13.3 Å². The summed E-state index contributed by atoms with van der Waals surface area (Å²) in [6.07, 6.45) is 6.64. The lowest BCUT2D eigenvalue weighted by molar-refractivity contribution is 0.377. The highest BCUT2D eigenvalue weighted by Gasteiger charge is 2.32. The Hall–Kier alpha value is -1.54. The van der Waals surface area contributed by atoms with Crippen LogP contribution in [0.4, 0.5) is 0 Å². The first kappa shape index (κ1) is 11.9. The zero-order valence-electron chi connectivity index (χ0n) is 10.3. The highest BCUT2D eigenvalue weighted by Crippen LogP contribution is 2.24. The lowest BCUT2D eigenvalue weighted by Crippen LogP contribution is -2.43. The van der Waals surface area contributed by atoms with E-state index in [4.69, 9.17) is 4.74 Å². The van der Waals surface area contributed by atoms with Crippen molar-refractivity contribution in [1.29, 1.82) is 5.26 Å². The van der Waals surface area contributed by atoms with Gasteiger partial charge in [-0.05, 0) is 26.2 Å². The molecule has 1 heterocycles. The Labute approximate surface area is 101 Å². The van der Waals surface area contributed by atoms with E-state index >= 15 is 0 Å². The number of nitriles is 1. The molecule has 0 aliphatic heterocycles. The molecule has 92 valence electrons. The van der Waals surface area contributed by atoms with Crippen LogP contribution in [0.1, 0.15) is 26.2 Å². The van der Waals surface area contributed by atoms with Crippen molar-refractivity contribution < 1.29 is 4.74 Å². The van der Waals surface area contributed by atoms with Gasteiger partial charge in [0.05, 0.1) is 25.6 Å². The molecule has 1 N–H and O–H groups in total. The Kier molecular flexibility index (Phi) is 3.34. The maximum atomic E-state index is 9.22. The maximum absolute atomic E-state index is 9.22. The van der Waals surface area contributed by atoms with Crippen molar-refractivity contribution in [1.82, 2.24) is 15.1 Å².